The van der Waals surface area contributed by atoms with Gasteiger partial charge in [0.15, 0.2) is 0 Å². The van der Waals surface area contributed by atoms with Crippen molar-refractivity contribution in [1.29, 1.82) is 0 Å². The van der Waals surface area contributed by atoms with Crippen molar-refractivity contribution in [2.24, 2.45) is 0 Å². The zero-order chi connectivity index (χ0) is 12.1. The summed E-state index contributed by atoms with van der Waals surface area (Å²) in [5.74, 6) is -0.644. The monoisotopic (exact) mass is 244 g/mol. The zero-order valence-corrected chi connectivity index (χ0v) is 9.94. The first-order valence-electron chi connectivity index (χ1n) is 4.97. The first kappa shape index (κ1) is 12.8. The molecule has 0 bridgehead atoms. The van der Waals surface area contributed by atoms with Crippen LogP contribution in [0.25, 0.3) is 0 Å². The molecule has 5 heteroatoms. The number of benzene rings is 1. The van der Waals surface area contributed by atoms with Crippen molar-refractivity contribution in [3.8, 4) is 0 Å². The Morgan fingerprint density at radius 2 is 2.19 bits per heavy atom. The Bertz CT molecular complexity index is 382. The van der Waals surface area contributed by atoms with Crippen LogP contribution in [0.4, 0.5) is 10.1 Å². The lowest BCUT2D eigenvalue weighted by molar-refractivity contribution is -0.119. The Labute approximate surface area is 99.0 Å². The van der Waals surface area contributed by atoms with E-state index in [0.717, 1.165) is 0 Å². The number of anilines is 1. The number of nitrogens with one attached hydrogen (secondary N) is 2. The van der Waals surface area contributed by atoms with Crippen LogP contribution >= 0.6 is 11.6 Å². The van der Waals surface area contributed by atoms with E-state index in [1.165, 1.54) is 12.1 Å². The molecule has 1 amide bonds. The second-order valence-electron chi connectivity index (χ2n) is 3.70. The maximum absolute atomic E-state index is 13.3. The molecular formula is C11H14ClFN2O. The fourth-order valence-corrected chi connectivity index (χ4v) is 1.34. The summed E-state index contributed by atoms with van der Waals surface area (Å²) in [6.07, 6.45) is 0. The van der Waals surface area contributed by atoms with Crippen molar-refractivity contribution >= 4 is 23.2 Å². The van der Waals surface area contributed by atoms with E-state index in [1.54, 1.807) is 6.07 Å². The van der Waals surface area contributed by atoms with Crippen molar-refractivity contribution in [3.05, 3.63) is 29.0 Å². The molecule has 88 valence electrons. The highest BCUT2D eigenvalue weighted by molar-refractivity contribution is 6.30. The Morgan fingerprint density at radius 3 is 2.75 bits per heavy atom. The minimum Gasteiger partial charge on any atom is -0.374 e. The van der Waals surface area contributed by atoms with Gasteiger partial charge in [-0.15, -0.1) is 0 Å². The van der Waals surface area contributed by atoms with Gasteiger partial charge in [0.1, 0.15) is 5.82 Å². The smallest absolute Gasteiger partial charge is 0.239 e. The molecule has 1 aromatic rings. The van der Waals surface area contributed by atoms with Gasteiger partial charge in [0.05, 0.1) is 12.2 Å². The second-order valence-corrected chi connectivity index (χ2v) is 4.14. The van der Waals surface area contributed by atoms with Crippen molar-refractivity contribution in [2.75, 3.05) is 11.9 Å². The third-order valence-corrected chi connectivity index (χ3v) is 2.06. The van der Waals surface area contributed by atoms with E-state index in [2.05, 4.69) is 10.6 Å². The van der Waals surface area contributed by atoms with Crippen LogP contribution in [0.2, 0.25) is 5.02 Å². The first-order chi connectivity index (χ1) is 7.49. The highest BCUT2D eigenvalue weighted by Crippen LogP contribution is 2.18. The molecule has 0 aliphatic carbocycles. The third kappa shape index (κ3) is 4.06. The van der Waals surface area contributed by atoms with Gasteiger partial charge in [0.2, 0.25) is 5.91 Å². The van der Waals surface area contributed by atoms with E-state index in [0.29, 0.717) is 5.02 Å². The topological polar surface area (TPSA) is 41.1 Å². The molecule has 0 heterocycles. The summed E-state index contributed by atoms with van der Waals surface area (Å²) in [6.45, 7) is 3.76. The average Bonchev–Trinajstić information content (AvgIpc) is 2.15. The van der Waals surface area contributed by atoms with Gasteiger partial charge in [-0.2, -0.15) is 0 Å². The van der Waals surface area contributed by atoms with E-state index in [-0.39, 0.29) is 24.2 Å². The van der Waals surface area contributed by atoms with Gasteiger partial charge in [-0.05, 0) is 32.0 Å². The van der Waals surface area contributed by atoms with Crippen LogP contribution in [-0.4, -0.2) is 18.5 Å². The van der Waals surface area contributed by atoms with Crippen LogP contribution in [0.1, 0.15) is 13.8 Å². The summed E-state index contributed by atoms with van der Waals surface area (Å²) in [4.78, 5) is 11.3. The van der Waals surface area contributed by atoms with Crippen molar-refractivity contribution in [1.82, 2.24) is 5.32 Å². The van der Waals surface area contributed by atoms with Gasteiger partial charge in [-0.25, -0.2) is 4.39 Å². The lowest BCUT2D eigenvalue weighted by Crippen LogP contribution is -2.34. The molecule has 0 fully saturated rings. The quantitative estimate of drug-likeness (QED) is 0.854. The number of carbonyl (C=O) groups is 1. The molecule has 0 aromatic heterocycles. The molecule has 3 nitrogen and oxygen atoms in total. The van der Waals surface area contributed by atoms with Gasteiger partial charge in [-0.1, -0.05) is 11.6 Å². The highest BCUT2D eigenvalue weighted by atomic mass is 35.5. The molecule has 0 unspecified atom stereocenters. The molecule has 0 spiro atoms. The number of carbonyl (C=O) groups excluding carboxylic acids is 1. The summed E-state index contributed by atoms with van der Waals surface area (Å²) in [5, 5.41) is 5.72. The van der Waals surface area contributed by atoms with Crippen LogP contribution in [-0.2, 0) is 4.79 Å². The summed E-state index contributed by atoms with van der Waals surface area (Å²) in [5.41, 5.74) is 0.267. The summed E-state index contributed by atoms with van der Waals surface area (Å²) >= 11 is 5.60. The Morgan fingerprint density at radius 1 is 1.50 bits per heavy atom. The van der Waals surface area contributed by atoms with Crippen LogP contribution in [0.15, 0.2) is 18.2 Å². The summed E-state index contributed by atoms with van der Waals surface area (Å²) in [6, 6.07) is 4.34. The molecular weight excluding hydrogens is 231 g/mol. The van der Waals surface area contributed by atoms with Crippen molar-refractivity contribution in [3.63, 3.8) is 0 Å². The van der Waals surface area contributed by atoms with E-state index < -0.39 is 5.82 Å². The van der Waals surface area contributed by atoms with E-state index in [4.69, 9.17) is 11.6 Å². The van der Waals surface area contributed by atoms with Crippen LogP contribution in [0.3, 0.4) is 0 Å². The Hall–Kier alpha value is -1.29. The van der Waals surface area contributed by atoms with Crippen LogP contribution in [0, 0.1) is 5.82 Å². The first-order valence-corrected chi connectivity index (χ1v) is 5.35. The fourth-order valence-electron chi connectivity index (χ4n) is 1.18. The molecule has 0 radical (unpaired) electrons. The van der Waals surface area contributed by atoms with Crippen molar-refractivity contribution < 1.29 is 9.18 Å². The maximum Gasteiger partial charge on any atom is 0.239 e. The molecule has 0 aliphatic heterocycles. The number of hydrogen-bond acceptors (Lipinski definition) is 2. The lowest BCUT2D eigenvalue weighted by Gasteiger charge is -2.10. The van der Waals surface area contributed by atoms with Crippen LogP contribution < -0.4 is 10.6 Å². The van der Waals surface area contributed by atoms with E-state index >= 15 is 0 Å². The van der Waals surface area contributed by atoms with Gasteiger partial charge < -0.3 is 10.6 Å². The predicted octanol–water partition coefficient (Wildman–Crippen LogP) is 2.42. The Balaban J connectivity index is 2.51. The third-order valence-electron chi connectivity index (χ3n) is 1.82. The molecule has 0 saturated heterocycles. The molecule has 2 N–H and O–H groups in total. The average molecular weight is 245 g/mol. The molecule has 0 aliphatic rings. The second kappa shape index (κ2) is 5.70. The number of amides is 1. The van der Waals surface area contributed by atoms with E-state index in [9.17, 15) is 9.18 Å². The van der Waals surface area contributed by atoms with Gasteiger partial charge in [-0.3, -0.25) is 4.79 Å². The molecule has 1 rings (SSSR count). The largest absolute Gasteiger partial charge is 0.374 e. The molecule has 16 heavy (non-hydrogen) atoms. The highest BCUT2D eigenvalue weighted by Gasteiger charge is 2.06. The van der Waals surface area contributed by atoms with Crippen molar-refractivity contribution in [2.45, 2.75) is 19.9 Å². The molecule has 0 saturated carbocycles. The maximum atomic E-state index is 13.3. The molecule has 0 atom stereocenters. The van der Waals surface area contributed by atoms with E-state index in [1.807, 2.05) is 13.8 Å². The SMILES string of the molecule is CC(C)NC(=O)CNc1ccc(Cl)cc1F. The lowest BCUT2D eigenvalue weighted by atomic mass is 10.3. The minimum absolute atomic E-state index is 0.0384. The van der Waals surface area contributed by atoms with Crippen LogP contribution in [0.5, 0.6) is 0 Å². The number of halogens is 2. The fraction of sp³-hybridized carbons (Fsp3) is 0.364. The normalized spacial score (nSPS) is 10.3. The van der Waals surface area contributed by atoms with Gasteiger partial charge in [0.25, 0.3) is 0 Å². The minimum atomic E-state index is -0.468. The Kier molecular flexibility index (Phi) is 4.55. The standard InChI is InChI=1S/C11H14ClFN2O/c1-7(2)15-11(16)6-14-10-4-3-8(12)5-9(10)13/h3-5,7,14H,6H2,1-2H3,(H,15,16). The zero-order valence-electron chi connectivity index (χ0n) is 9.18. The predicted molar refractivity (Wildman–Crippen MR) is 63.2 cm³/mol. The van der Waals surface area contributed by atoms with Gasteiger partial charge in [0, 0.05) is 11.1 Å². The number of hydrogen-bond donors (Lipinski definition) is 2. The van der Waals surface area contributed by atoms with Gasteiger partial charge >= 0.3 is 0 Å². The number of rotatable bonds is 4. The summed E-state index contributed by atoms with van der Waals surface area (Å²) < 4.78 is 13.3. The molecule has 1 aromatic carbocycles. The summed E-state index contributed by atoms with van der Waals surface area (Å²) in [7, 11) is 0.